The van der Waals surface area contributed by atoms with Gasteiger partial charge in [0.1, 0.15) is 0 Å². The Kier molecular flexibility index (Phi) is 1.77. The second-order valence-electron chi connectivity index (χ2n) is 2.15. The van der Waals surface area contributed by atoms with E-state index in [2.05, 4.69) is 0 Å². The SMILES string of the molecule is CCS(=O)(=O)C[C@H]1CO1. The molecule has 0 amide bonds. The molecule has 4 heteroatoms. The Morgan fingerprint density at radius 1 is 1.67 bits per heavy atom. The molecule has 0 aromatic heterocycles. The standard InChI is InChI=1S/C5H10O3S/c1-2-9(6,7)4-5-3-8-5/h5H,2-4H2,1H3/t5-/m1/s1. The quantitative estimate of drug-likeness (QED) is 0.524. The van der Waals surface area contributed by atoms with Gasteiger partial charge in [-0.05, 0) is 0 Å². The maximum Gasteiger partial charge on any atom is 0.152 e. The van der Waals surface area contributed by atoms with Crippen molar-refractivity contribution in [2.45, 2.75) is 13.0 Å². The van der Waals surface area contributed by atoms with Crippen LogP contribution in [0, 0.1) is 0 Å². The third-order valence-corrected chi connectivity index (χ3v) is 3.04. The van der Waals surface area contributed by atoms with E-state index in [1.165, 1.54) is 0 Å². The summed E-state index contributed by atoms with van der Waals surface area (Å²) < 4.78 is 26.3. The van der Waals surface area contributed by atoms with E-state index in [9.17, 15) is 8.42 Å². The van der Waals surface area contributed by atoms with Gasteiger partial charge in [-0.3, -0.25) is 0 Å². The minimum absolute atomic E-state index is 0.00921. The summed E-state index contributed by atoms with van der Waals surface area (Å²) in [6.07, 6.45) is 0.00921. The molecule has 1 heterocycles. The third-order valence-electron chi connectivity index (χ3n) is 1.28. The Balaban J connectivity index is 2.40. The van der Waals surface area contributed by atoms with Gasteiger partial charge in [0.25, 0.3) is 0 Å². The molecule has 1 aliphatic rings. The predicted octanol–water partition coefficient (Wildman–Crippen LogP) is -0.180. The number of hydrogen-bond donors (Lipinski definition) is 0. The minimum Gasteiger partial charge on any atom is -0.372 e. The van der Waals surface area contributed by atoms with E-state index in [1.54, 1.807) is 6.92 Å². The molecule has 0 unspecified atom stereocenters. The highest BCUT2D eigenvalue weighted by Gasteiger charge is 2.27. The van der Waals surface area contributed by atoms with E-state index in [0.29, 0.717) is 6.61 Å². The first-order valence-electron chi connectivity index (χ1n) is 2.96. The highest BCUT2D eigenvalue weighted by atomic mass is 32.2. The van der Waals surface area contributed by atoms with Gasteiger partial charge in [-0.2, -0.15) is 0 Å². The first-order valence-corrected chi connectivity index (χ1v) is 4.78. The summed E-state index contributed by atoms with van der Waals surface area (Å²) in [5, 5.41) is 0. The van der Waals surface area contributed by atoms with Gasteiger partial charge in [0.2, 0.25) is 0 Å². The highest BCUT2D eigenvalue weighted by molar-refractivity contribution is 7.91. The molecule has 0 N–H and O–H groups in total. The smallest absolute Gasteiger partial charge is 0.152 e. The zero-order chi connectivity index (χ0) is 6.91. The summed E-state index contributed by atoms with van der Waals surface area (Å²) in [5.41, 5.74) is 0. The number of ether oxygens (including phenoxy) is 1. The average Bonchev–Trinajstić information content (AvgIpc) is 2.50. The maximum atomic E-state index is 10.8. The fraction of sp³-hybridized carbons (Fsp3) is 1.00. The minimum atomic E-state index is -2.78. The van der Waals surface area contributed by atoms with Gasteiger partial charge in [-0.25, -0.2) is 8.42 Å². The Bertz CT molecular complexity index is 178. The molecule has 1 fully saturated rings. The van der Waals surface area contributed by atoms with Gasteiger partial charge in [0, 0.05) is 5.75 Å². The molecule has 0 radical (unpaired) electrons. The molecule has 0 saturated carbocycles. The van der Waals surface area contributed by atoms with E-state index in [1.807, 2.05) is 0 Å². The van der Waals surface area contributed by atoms with Crippen LogP contribution in [0.3, 0.4) is 0 Å². The van der Waals surface area contributed by atoms with Crippen molar-refractivity contribution in [2.75, 3.05) is 18.1 Å². The molecule has 0 aliphatic carbocycles. The molecule has 0 bridgehead atoms. The van der Waals surface area contributed by atoms with Crippen LogP contribution >= 0.6 is 0 Å². The lowest BCUT2D eigenvalue weighted by Gasteiger charge is -1.93. The molecule has 1 aliphatic heterocycles. The van der Waals surface area contributed by atoms with Crippen LogP contribution in [0.5, 0.6) is 0 Å². The second kappa shape index (κ2) is 2.27. The first-order chi connectivity index (χ1) is 4.14. The van der Waals surface area contributed by atoms with Crippen molar-refractivity contribution in [1.82, 2.24) is 0 Å². The lowest BCUT2D eigenvalue weighted by Crippen LogP contribution is -2.12. The number of hydrogen-bond acceptors (Lipinski definition) is 3. The fourth-order valence-electron chi connectivity index (χ4n) is 0.565. The van der Waals surface area contributed by atoms with Gasteiger partial charge in [0.05, 0.1) is 18.5 Å². The number of epoxide rings is 1. The van der Waals surface area contributed by atoms with Gasteiger partial charge in [0.15, 0.2) is 9.84 Å². The molecule has 0 spiro atoms. The van der Waals surface area contributed by atoms with E-state index in [0.717, 1.165) is 0 Å². The summed E-state index contributed by atoms with van der Waals surface area (Å²) >= 11 is 0. The predicted molar refractivity (Wildman–Crippen MR) is 34.1 cm³/mol. The van der Waals surface area contributed by atoms with Crippen LogP contribution in [0.25, 0.3) is 0 Å². The van der Waals surface area contributed by atoms with Crippen molar-refractivity contribution in [3.05, 3.63) is 0 Å². The zero-order valence-electron chi connectivity index (χ0n) is 5.33. The van der Waals surface area contributed by atoms with Crippen molar-refractivity contribution in [3.63, 3.8) is 0 Å². The van der Waals surface area contributed by atoms with E-state index < -0.39 is 9.84 Å². The topological polar surface area (TPSA) is 46.7 Å². The summed E-state index contributed by atoms with van der Waals surface area (Å²) in [6.45, 7) is 2.27. The van der Waals surface area contributed by atoms with E-state index in [4.69, 9.17) is 4.74 Å². The Morgan fingerprint density at radius 3 is 2.56 bits per heavy atom. The van der Waals surface area contributed by atoms with Crippen LogP contribution in [0.2, 0.25) is 0 Å². The van der Waals surface area contributed by atoms with Crippen LogP contribution in [-0.4, -0.2) is 32.6 Å². The lowest BCUT2D eigenvalue weighted by molar-refractivity contribution is 0.422. The molecular weight excluding hydrogens is 140 g/mol. The van der Waals surface area contributed by atoms with Crippen molar-refractivity contribution in [3.8, 4) is 0 Å². The second-order valence-corrected chi connectivity index (χ2v) is 4.55. The van der Waals surface area contributed by atoms with Crippen LogP contribution < -0.4 is 0 Å². The van der Waals surface area contributed by atoms with Gasteiger partial charge >= 0.3 is 0 Å². The molecular formula is C5H10O3S. The maximum absolute atomic E-state index is 10.8. The van der Waals surface area contributed by atoms with Gasteiger partial charge < -0.3 is 4.74 Å². The molecule has 1 atom stereocenters. The summed E-state index contributed by atoms with van der Waals surface area (Å²) in [4.78, 5) is 0. The van der Waals surface area contributed by atoms with Crippen LogP contribution in [0.1, 0.15) is 6.92 Å². The molecule has 0 aromatic rings. The summed E-state index contributed by atoms with van der Waals surface area (Å²) in [6, 6.07) is 0. The van der Waals surface area contributed by atoms with E-state index in [-0.39, 0.29) is 17.6 Å². The fourth-order valence-corrected chi connectivity index (χ4v) is 1.56. The molecule has 1 saturated heterocycles. The Hall–Kier alpha value is -0.0900. The van der Waals surface area contributed by atoms with Crippen LogP contribution in [0.4, 0.5) is 0 Å². The first kappa shape index (κ1) is 7.02. The van der Waals surface area contributed by atoms with Crippen LogP contribution in [-0.2, 0) is 14.6 Å². The van der Waals surface area contributed by atoms with Crippen molar-refractivity contribution in [1.29, 1.82) is 0 Å². The molecule has 0 aromatic carbocycles. The number of rotatable bonds is 3. The monoisotopic (exact) mass is 150 g/mol. The lowest BCUT2D eigenvalue weighted by atomic mass is 10.6. The summed E-state index contributed by atoms with van der Waals surface area (Å²) in [7, 11) is -2.78. The molecule has 1 rings (SSSR count). The molecule has 3 nitrogen and oxygen atoms in total. The van der Waals surface area contributed by atoms with E-state index >= 15 is 0 Å². The van der Waals surface area contributed by atoms with Gasteiger partial charge in [-0.15, -0.1) is 0 Å². The molecule has 9 heavy (non-hydrogen) atoms. The Labute approximate surface area is 54.9 Å². The molecule has 54 valence electrons. The van der Waals surface area contributed by atoms with Crippen molar-refractivity contribution < 1.29 is 13.2 Å². The number of sulfone groups is 1. The van der Waals surface area contributed by atoms with Crippen molar-refractivity contribution >= 4 is 9.84 Å². The van der Waals surface area contributed by atoms with Gasteiger partial charge in [-0.1, -0.05) is 6.92 Å². The normalized spacial score (nSPS) is 26.1. The zero-order valence-corrected chi connectivity index (χ0v) is 6.15. The third kappa shape index (κ3) is 2.32. The highest BCUT2D eigenvalue weighted by Crippen LogP contribution is 2.11. The van der Waals surface area contributed by atoms with Crippen molar-refractivity contribution in [2.24, 2.45) is 0 Å². The summed E-state index contributed by atoms with van der Waals surface area (Å²) in [5.74, 6) is 0.441. The van der Waals surface area contributed by atoms with Crippen LogP contribution in [0.15, 0.2) is 0 Å². The average molecular weight is 150 g/mol. The Morgan fingerprint density at radius 2 is 2.22 bits per heavy atom. The largest absolute Gasteiger partial charge is 0.372 e.